The number of para-hydroxylation sites is 1. The second-order valence-electron chi connectivity index (χ2n) is 4.49. The molecule has 1 saturated heterocycles. The van der Waals surface area contributed by atoms with Gasteiger partial charge in [-0.05, 0) is 25.5 Å². The molecule has 0 bridgehead atoms. The van der Waals surface area contributed by atoms with Crippen molar-refractivity contribution in [1.29, 1.82) is 0 Å². The molecule has 0 aliphatic carbocycles. The van der Waals surface area contributed by atoms with Crippen molar-refractivity contribution in [2.75, 3.05) is 18.5 Å². The highest BCUT2D eigenvalue weighted by Crippen LogP contribution is 2.27. The van der Waals surface area contributed by atoms with E-state index in [0.717, 1.165) is 30.2 Å². The smallest absolute Gasteiger partial charge is 0.183 e. The van der Waals surface area contributed by atoms with Gasteiger partial charge in [0.05, 0.1) is 16.3 Å². The van der Waals surface area contributed by atoms with Gasteiger partial charge in [-0.15, -0.1) is 0 Å². The molecule has 1 aromatic carbocycles. The van der Waals surface area contributed by atoms with Gasteiger partial charge < -0.3 is 10.1 Å². The van der Waals surface area contributed by atoms with Crippen molar-refractivity contribution in [3.05, 3.63) is 24.3 Å². The Balaban J connectivity index is 1.68. The molecule has 1 aromatic heterocycles. The Kier molecular flexibility index (Phi) is 2.99. The summed E-state index contributed by atoms with van der Waals surface area (Å²) in [6.07, 6.45) is 1.52. The first-order valence-corrected chi connectivity index (χ1v) is 6.85. The number of hydrogen-bond donors (Lipinski definition) is 1. The Morgan fingerprint density at radius 2 is 2.35 bits per heavy atom. The molecule has 2 heterocycles. The molecule has 90 valence electrons. The van der Waals surface area contributed by atoms with Gasteiger partial charge in [-0.1, -0.05) is 23.5 Å². The molecule has 1 N–H and O–H groups in total. The molecular weight excluding hydrogens is 232 g/mol. The maximum Gasteiger partial charge on any atom is 0.183 e. The summed E-state index contributed by atoms with van der Waals surface area (Å²) in [5.41, 5.74) is 1.08. The van der Waals surface area contributed by atoms with Crippen molar-refractivity contribution in [2.24, 2.45) is 5.92 Å². The molecule has 4 heteroatoms. The fraction of sp³-hybridized carbons (Fsp3) is 0.462. The first-order valence-electron chi connectivity index (χ1n) is 6.04. The standard InChI is InChI=1S/C13H16N2OS/c1-9-10(6-7-16-9)8-14-13-15-11-4-2-3-5-12(11)17-13/h2-5,9-10H,6-8H2,1H3,(H,14,15). The molecule has 1 aliphatic rings. The molecular formula is C13H16N2OS. The van der Waals surface area contributed by atoms with E-state index in [0.29, 0.717) is 12.0 Å². The molecule has 0 radical (unpaired) electrons. The second kappa shape index (κ2) is 4.63. The topological polar surface area (TPSA) is 34.1 Å². The number of hydrogen-bond acceptors (Lipinski definition) is 4. The third-order valence-electron chi connectivity index (χ3n) is 3.34. The normalized spacial score (nSPS) is 24.3. The van der Waals surface area contributed by atoms with Crippen molar-refractivity contribution in [1.82, 2.24) is 4.98 Å². The zero-order chi connectivity index (χ0) is 11.7. The van der Waals surface area contributed by atoms with Crippen LogP contribution in [0.25, 0.3) is 10.2 Å². The Bertz CT molecular complexity index is 478. The number of aromatic nitrogens is 1. The Morgan fingerprint density at radius 3 is 3.12 bits per heavy atom. The SMILES string of the molecule is CC1OCCC1CNc1nc2ccccc2s1. The van der Waals surface area contributed by atoms with Crippen molar-refractivity contribution < 1.29 is 4.74 Å². The molecule has 2 atom stereocenters. The van der Waals surface area contributed by atoms with Gasteiger partial charge in [0, 0.05) is 19.1 Å². The minimum Gasteiger partial charge on any atom is -0.378 e. The van der Waals surface area contributed by atoms with Crippen LogP contribution in [0.4, 0.5) is 5.13 Å². The van der Waals surface area contributed by atoms with Crippen LogP contribution in [-0.4, -0.2) is 24.2 Å². The van der Waals surface area contributed by atoms with Gasteiger partial charge in [0.1, 0.15) is 0 Å². The van der Waals surface area contributed by atoms with Crippen LogP contribution in [-0.2, 0) is 4.74 Å². The van der Waals surface area contributed by atoms with Crippen molar-refractivity contribution in [3.8, 4) is 0 Å². The fourth-order valence-electron chi connectivity index (χ4n) is 2.21. The van der Waals surface area contributed by atoms with Crippen LogP contribution < -0.4 is 5.32 Å². The summed E-state index contributed by atoms with van der Waals surface area (Å²) < 4.78 is 6.80. The molecule has 0 spiro atoms. The van der Waals surface area contributed by atoms with Crippen LogP contribution in [0, 0.1) is 5.92 Å². The molecule has 17 heavy (non-hydrogen) atoms. The molecule has 1 aliphatic heterocycles. The zero-order valence-electron chi connectivity index (χ0n) is 9.85. The largest absolute Gasteiger partial charge is 0.378 e. The lowest BCUT2D eigenvalue weighted by atomic mass is 10.0. The summed E-state index contributed by atoms with van der Waals surface area (Å²) in [4.78, 5) is 4.57. The van der Waals surface area contributed by atoms with Crippen LogP contribution >= 0.6 is 11.3 Å². The highest BCUT2D eigenvalue weighted by molar-refractivity contribution is 7.22. The lowest BCUT2D eigenvalue weighted by molar-refractivity contribution is 0.108. The van der Waals surface area contributed by atoms with Gasteiger partial charge in [-0.25, -0.2) is 4.98 Å². The molecule has 0 amide bonds. The molecule has 1 fully saturated rings. The Hall–Kier alpha value is -1.13. The fourth-order valence-corrected chi connectivity index (χ4v) is 3.08. The average Bonchev–Trinajstić information content (AvgIpc) is 2.92. The van der Waals surface area contributed by atoms with E-state index in [9.17, 15) is 0 Å². The first kappa shape index (κ1) is 11.0. The van der Waals surface area contributed by atoms with Crippen LogP contribution in [0.15, 0.2) is 24.3 Å². The predicted octanol–water partition coefficient (Wildman–Crippen LogP) is 3.13. The van der Waals surface area contributed by atoms with E-state index in [1.54, 1.807) is 11.3 Å². The Labute approximate surface area is 105 Å². The van der Waals surface area contributed by atoms with Crippen LogP contribution in [0.2, 0.25) is 0 Å². The lowest BCUT2D eigenvalue weighted by Crippen LogP contribution is -2.20. The zero-order valence-corrected chi connectivity index (χ0v) is 10.7. The minimum absolute atomic E-state index is 0.372. The van der Waals surface area contributed by atoms with Gasteiger partial charge >= 0.3 is 0 Å². The van der Waals surface area contributed by atoms with Crippen molar-refractivity contribution in [2.45, 2.75) is 19.4 Å². The summed E-state index contributed by atoms with van der Waals surface area (Å²) in [7, 11) is 0. The summed E-state index contributed by atoms with van der Waals surface area (Å²) >= 11 is 1.72. The average molecular weight is 248 g/mol. The molecule has 3 rings (SSSR count). The molecule has 2 aromatic rings. The molecule has 3 nitrogen and oxygen atoms in total. The van der Waals surface area contributed by atoms with E-state index < -0.39 is 0 Å². The number of fused-ring (bicyclic) bond motifs is 1. The number of rotatable bonds is 3. The Morgan fingerprint density at radius 1 is 1.47 bits per heavy atom. The number of anilines is 1. The quantitative estimate of drug-likeness (QED) is 0.906. The van der Waals surface area contributed by atoms with Crippen LogP contribution in [0.1, 0.15) is 13.3 Å². The number of thiazole rings is 1. The minimum atomic E-state index is 0.372. The lowest BCUT2D eigenvalue weighted by Gasteiger charge is -2.13. The van der Waals surface area contributed by atoms with E-state index in [1.807, 2.05) is 6.07 Å². The summed E-state index contributed by atoms with van der Waals surface area (Å²) in [5.74, 6) is 0.613. The van der Waals surface area contributed by atoms with E-state index in [4.69, 9.17) is 4.74 Å². The summed E-state index contributed by atoms with van der Waals surface area (Å²) in [6.45, 7) is 4.01. The van der Waals surface area contributed by atoms with Crippen molar-refractivity contribution in [3.63, 3.8) is 0 Å². The van der Waals surface area contributed by atoms with E-state index >= 15 is 0 Å². The van der Waals surface area contributed by atoms with Crippen LogP contribution in [0.3, 0.4) is 0 Å². The first-order chi connectivity index (χ1) is 8.33. The van der Waals surface area contributed by atoms with Gasteiger partial charge in [0.15, 0.2) is 5.13 Å². The highest BCUT2D eigenvalue weighted by atomic mass is 32.1. The number of nitrogens with zero attached hydrogens (tertiary/aromatic N) is 1. The van der Waals surface area contributed by atoms with Gasteiger partial charge in [-0.3, -0.25) is 0 Å². The number of benzene rings is 1. The molecule has 0 saturated carbocycles. The third-order valence-corrected chi connectivity index (χ3v) is 4.34. The summed E-state index contributed by atoms with van der Waals surface area (Å²) in [5, 5.41) is 4.45. The van der Waals surface area contributed by atoms with Gasteiger partial charge in [0.25, 0.3) is 0 Å². The van der Waals surface area contributed by atoms with Crippen LogP contribution in [0.5, 0.6) is 0 Å². The van der Waals surface area contributed by atoms with E-state index in [2.05, 4.69) is 35.4 Å². The van der Waals surface area contributed by atoms with Gasteiger partial charge in [0.2, 0.25) is 0 Å². The summed E-state index contributed by atoms with van der Waals surface area (Å²) in [6, 6.07) is 8.24. The monoisotopic (exact) mass is 248 g/mol. The molecule has 2 unspecified atom stereocenters. The second-order valence-corrected chi connectivity index (χ2v) is 5.52. The van der Waals surface area contributed by atoms with Gasteiger partial charge in [-0.2, -0.15) is 0 Å². The predicted molar refractivity (Wildman–Crippen MR) is 71.6 cm³/mol. The number of ether oxygens (including phenoxy) is 1. The maximum atomic E-state index is 5.56. The maximum absolute atomic E-state index is 5.56. The van der Waals surface area contributed by atoms with Crippen molar-refractivity contribution >= 4 is 26.7 Å². The van der Waals surface area contributed by atoms with E-state index in [-0.39, 0.29) is 0 Å². The third kappa shape index (κ3) is 2.28. The highest BCUT2D eigenvalue weighted by Gasteiger charge is 2.23. The van der Waals surface area contributed by atoms with E-state index in [1.165, 1.54) is 4.70 Å². The number of nitrogens with one attached hydrogen (secondary N) is 1.